The van der Waals surface area contributed by atoms with Crippen molar-refractivity contribution in [2.24, 2.45) is 11.1 Å². The average Bonchev–Trinajstić information content (AvgIpc) is 3.45. The standard InChI is InChI=1S/C21H22N4O6S/c22-17(26)16-18(24-19(32-16)11-1-2-11)30-15-9-21(10-15)7-12(8-21)23-20(27)31-14-5-3-13(4-6-14)25(28)29/h3-6,11-12,15H,1-2,7-10H2,(H2,22,26)(H,23,27). The first-order chi connectivity index (χ1) is 15.3. The molecule has 1 heterocycles. The number of hydrogen-bond acceptors (Lipinski definition) is 8. The molecule has 2 aromatic rings. The summed E-state index contributed by atoms with van der Waals surface area (Å²) in [6, 6.07) is 5.37. The van der Waals surface area contributed by atoms with Crippen molar-refractivity contribution >= 4 is 29.0 Å². The molecule has 0 radical (unpaired) electrons. The summed E-state index contributed by atoms with van der Waals surface area (Å²) in [5.74, 6) is 0.550. The lowest BCUT2D eigenvalue weighted by atomic mass is 9.53. The van der Waals surface area contributed by atoms with E-state index in [2.05, 4.69) is 10.3 Å². The quantitative estimate of drug-likeness (QED) is 0.477. The first kappa shape index (κ1) is 20.7. The Morgan fingerprint density at radius 1 is 1.19 bits per heavy atom. The summed E-state index contributed by atoms with van der Waals surface area (Å²) in [5.41, 5.74) is 5.56. The molecular weight excluding hydrogens is 436 g/mol. The van der Waals surface area contributed by atoms with Gasteiger partial charge >= 0.3 is 6.09 Å². The third-order valence-corrected chi connectivity index (χ3v) is 7.52. The molecule has 0 unspecified atom stereocenters. The minimum absolute atomic E-state index is 0.00439. The highest BCUT2D eigenvalue weighted by Crippen LogP contribution is 2.57. The van der Waals surface area contributed by atoms with Crippen LogP contribution in [0.4, 0.5) is 10.5 Å². The molecule has 11 heteroatoms. The normalized spacial score (nSPS) is 26.0. The number of nitrogens with two attached hydrogens (primary N) is 1. The molecule has 1 aromatic heterocycles. The average molecular weight is 458 g/mol. The summed E-state index contributed by atoms with van der Waals surface area (Å²) in [6.45, 7) is 0. The number of amides is 2. The van der Waals surface area contributed by atoms with Crippen molar-refractivity contribution in [3.8, 4) is 11.6 Å². The van der Waals surface area contributed by atoms with Crippen molar-refractivity contribution in [1.82, 2.24) is 10.3 Å². The number of ether oxygens (including phenoxy) is 2. The molecule has 1 aromatic carbocycles. The molecule has 0 atom stereocenters. The first-order valence-electron chi connectivity index (χ1n) is 10.5. The Morgan fingerprint density at radius 2 is 1.88 bits per heavy atom. The maximum Gasteiger partial charge on any atom is 0.412 e. The second kappa shape index (κ2) is 7.73. The highest BCUT2D eigenvalue weighted by atomic mass is 32.1. The van der Waals surface area contributed by atoms with E-state index in [-0.39, 0.29) is 29.0 Å². The summed E-state index contributed by atoms with van der Waals surface area (Å²) in [4.78, 5) is 38.9. The number of thiazole rings is 1. The maximum absolute atomic E-state index is 12.1. The molecule has 3 fully saturated rings. The van der Waals surface area contributed by atoms with E-state index in [0.717, 1.165) is 43.5 Å². The molecule has 32 heavy (non-hydrogen) atoms. The lowest BCUT2D eigenvalue weighted by molar-refractivity contribution is -0.384. The van der Waals surface area contributed by atoms with E-state index < -0.39 is 16.9 Å². The van der Waals surface area contributed by atoms with Crippen LogP contribution >= 0.6 is 11.3 Å². The Kier molecular flexibility index (Phi) is 5.00. The number of nitrogens with zero attached hydrogens (tertiary/aromatic N) is 2. The topological polar surface area (TPSA) is 147 Å². The predicted octanol–water partition coefficient (Wildman–Crippen LogP) is 3.51. The van der Waals surface area contributed by atoms with Gasteiger partial charge in [0.2, 0.25) is 5.88 Å². The Bertz CT molecular complexity index is 1070. The minimum atomic E-state index is -0.577. The van der Waals surface area contributed by atoms with Crippen molar-refractivity contribution in [3.63, 3.8) is 0 Å². The van der Waals surface area contributed by atoms with Gasteiger partial charge in [-0.25, -0.2) is 9.78 Å². The molecule has 2 amide bonds. The zero-order chi connectivity index (χ0) is 22.5. The van der Waals surface area contributed by atoms with Crippen molar-refractivity contribution in [2.75, 3.05) is 0 Å². The van der Waals surface area contributed by atoms with E-state index in [1.54, 1.807) is 0 Å². The number of aromatic nitrogens is 1. The van der Waals surface area contributed by atoms with Crippen molar-refractivity contribution in [3.05, 3.63) is 44.3 Å². The van der Waals surface area contributed by atoms with Crippen LogP contribution in [-0.4, -0.2) is 34.1 Å². The van der Waals surface area contributed by atoms with Crippen molar-refractivity contribution in [2.45, 2.75) is 56.6 Å². The lowest BCUT2D eigenvalue weighted by Gasteiger charge is -2.56. The van der Waals surface area contributed by atoms with E-state index in [0.29, 0.717) is 16.7 Å². The SMILES string of the molecule is NC(=O)c1sc(C2CC2)nc1OC1CC2(CC(NC(=O)Oc3ccc([N+](=O)[O-])cc3)C2)C1. The van der Waals surface area contributed by atoms with E-state index in [1.165, 1.54) is 35.6 Å². The van der Waals surface area contributed by atoms with Gasteiger partial charge in [-0.3, -0.25) is 14.9 Å². The summed E-state index contributed by atoms with van der Waals surface area (Å²) >= 11 is 1.34. The third-order valence-electron chi connectivity index (χ3n) is 6.30. The van der Waals surface area contributed by atoms with Gasteiger partial charge in [0.1, 0.15) is 16.9 Å². The molecule has 0 aliphatic heterocycles. The first-order valence-corrected chi connectivity index (χ1v) is 11.3. The number of nitro benzene ring substituents is 1. The number of nitro groups is 1. The van der Waals surface area contributed by atoms with Crippen LogP contribution in [0.15, 0.2) is 24.3 Å². The van der Waals surface area contributed by atoms with Crippen molar-refractivity contribution < 1.29 is 24.0 Å². The molecule has 5 rings (SSSR count). The number of hydrogen-bond donors (Lipinski definition) is 2. The van der Waals surface area contributed by atoms with Gasteiger partial charge in [-0.15, -0.1) is 11.3 Å². The second-order valence-corrected chi connectivity index (χ2v) is 9.89. The number of rotatable bonds is 7. The lowest BCUT2D eigenvalue weighted by Crippen LogP contribution is -2.59. The van der Waals surface area contributed by atoms with Crippen LogP contribution in [0.3, 0.4) is 0 Å². The maximum atomic E-state index is 12.1. The van der Waals surface area contributed by atoms with Crippen LogP contribution in [0, 0.1) is 15.5 Å². The number of carbonyl (C=O) groups excluding carboxylic acids is 2. The van der Waals surface area contributed by atoms with Gasteiger partial charge < -0.3 is 20.5 Å². The van der Waals surface area contributed by atoms with Crippen LogP contribution in [0.1, 0.15) is 59.1 Å². The summed E-state index contributed by atoms with van der Waals surface area (Å²) in [7, 11) is 0. The monoisotopic (exact) mass is 458 g/mol. The van der Waals surface area contributed by atoms with Gasteiger partial charge in [-0.1, -0.05) is 0 Å². The van der Waals surface area contributed by atoms with Crippen molar-refractivity contribution in [1.29, 1.82) is 0 Å². The third kappa shape index (κ3) is 4.12. The largest absolute Gasteiger partial charge is 0.473 e. The molecule has 3 aliphatic carbocycles. The second-order valence-electron chi connectivity index (χ2n) is 8.86. The summed E-state index contributed by atoms with van der Waals surface area (Å²) < 4.78 is 11.2. The number of carbonyl (C=O) groups is 2. The fraction of sp³-hybridized carbons (Fsp3) is 0.476. The Hall–Kier alpha value is -3.21. The fourth-order valence-electron chi connectivity index (χ4n) is 4.57. The van der Waals surface area contributed by atoms with Crippen LogP contribution < -0.4 is 20.5 Å². The van der Waals surface area contributed by atoms with Gasteiger partial charge in [-0.2, -0.15) is 0 Å². The predicted molar refractivity (Wildman–Crippen MR) is 114 cm³/mol. The molecule has 168 valence electrons. The molecule has 3 aliphatic rings. The molecule has 0 saturated heterocycles. The smallest absolute Gasteiger partial charge is 0.412 e. The fourth-order valence-corrected chi connectivity index (χ4v) is 5.59. The van der Waals surface area contributed by atoms with Crippen LogP contribution in [0.25, 0.3) is 0 Å². The Labute approximate surface area is 187 Å². The summed E-state index contributed by atoms with van der Waals surface area (Å²) in [5, 5.41) is 14.4. The number of primary amides is 1. The van der Waals surface area contributed by atoms with E-state index >= 15 is 0 Å². The minimum Gasteiger partial charge on any atom is -0.473 e. The Balaban J connectivity index is 1.07. The molecule has 1 spiro atoms. The zero-order valence-electron chi connectivity index (χ0n) is 17.1. The molecule has 3 saturated carbocycles. The highest BCUT2D eigenvalue weighted by molar-refractivity contribution is 7.14. The van der Waals surface area contributed by atoms with Gasteiger partial charge in [0.25, 0.3) is 11.6 Å². The molecule has 0 bridgehead atoms. The number of non-ortho nitro benzene ring substituents is 1. The van der Waals surface area contributed by atoms with Crippen LogP contribution in [0.2, 0.25) is 0 Å². The summed E-state index contributed by atoms with van der Waals surface area (Å²) in [6.07, 6.45) is 4.96. The van der Waals surface area contributed by atoms with Gasteiger partial charge in [0.15, 0.2) is 4.88 Å². The van der Waals surface area contributed by atoms with Gasteiger partial charge in [-0.05, 0) is 56.1 Å². The van der Waals surface area contributed by atoms with E-state index in [9.17, 15) is 19.7 Å². The molecule has 10 nitrogen and oxygen atoms in total. The number of benzene rings is 1. The number of nitrogens with one attached hydrogen (secondary N) is 1. The van der Waals surface area contributed by atoms with E-state index in [1.807, 2.05) is 0 Å². The van der Waals surface area contributed by atoms with Crippen LogP contribution in [-0.2, 0) is 0 Å². The van der Waals surface area contributed by atoms with E-state index in [4.69, 9.17) is 15.2 Å². The van der Waals surface area contributed by atoms with Gasteiger partial charge in [0.05, 0.1) is 4.92 Å². The van der Waals surface area contributed by atoms with Gasteiger partial charge in [0, 0.05) is 24.1 Å². The molecule has 3 N–H and O–H groups in total. The zero-order valence-corrected chi connectivity index (χ0v) is 17.9. The molecular formula is C21H22N4O6S. The highest BCUT2D eigenvalue weighted by Gasteiger charge is 2.54. The Morgan fingerprint density at radius 3 is 2.47 bits per heavy atom. The van der Waals surface area contributed by atoms with Crippen LogP contribution in [0.5, 0.6) is 11.6 Å².